The lowest BCUT2D eigenvalue weighted by atomic mass is 10.0. The van der Waals surface area contributed by atoms with E-state index in [4.69, 9.17) is 4.74 Å². The SMILES string of the molecule is COC(=O)c1cc(NC(=O)c2sccc2OC(F)F)cc(C)c1C. The van der Waals surface area contributed by atoms with Crippen LogP contribution in [0.1, 0.15) is 31.2 Å². The number of methoxy groups -OCH3 is 1. The lowest BCUT2D eigenvalue weighted by Crippen LogP contribution is -2.14. The molecule has 1 amide bonds. The van der Waals surface area contributed by atoms with Crippen molar-refractivity contribution in [1.82, 2.24) is 0 Å². The van der Waals surface area contributed by atoms with Crippen LogP contribution in [-0.4, -0.2) is 25.6 Å². The summed E-state index contributed by atoms with van der Waals surface area (Å²) in [6.45, 7) is 0.535. The van der Waals surface area contributed by atoms with Gasteiger partial charge in [0.05, 0.1) is 12.7 Å². The molecule has 2 aromatic rings. The molecule has 0 bridgehead atoms. The summed E-state index contributed by atoms with van der Waals surface area (Å²) in [4.78, 5) is 24.1. The van der Waals surface area contributed by atoms with Crippen LogP contribution in [0.4, 0.5) is 14.5 Å². The van der Waals surface area contributed by atoms with Crippen LogP contribution >= 0.6 is 11.3 Å². The molecule has 1 N–H and O–H groups in total. The van der Waals surface area contributed by atoms with Crippen molar-refractivity contribution in [3.63, 3.8) is 0 Å². The fourth-order valence-corrected chi connectivity index (χ4v) is 2.81. The Kier molecular flexibility index (Phi) is 5.50. The number of esters is 1. The minimum Gasteiger partial charge on any atom is -0.465 e. The average molecular weight is 355 g/mol. The first-order chi connectivity index (χ1) is 11.3. The standard InChI is InChI=1S/C16H15F2NO4S/c1-8-6-10(7-11(9(8)2)15(21)22-3)19-14(20)13-12(4-5-24-13)23-16(17)18/h4-7,16H,1-3H3,(H,19,20). The summed E-state index contributed by atoms with van der Waals surface area (Å²) in [6.07, 6.45) is 0. The van der Waals surface area contributed by atoms with E-state index in [1.54, 1.807) is 19.9 Å². The number of carbonyl (C=O) groups excluding carboxylic acids is 2. The van der Waals surface area contributed by atoms with Crippen LogP contribution in [0.25, 0.3) is 0 Å². The fourth-order valence-electron chi connectivity index (χ4n) is 2.09. The summed E-state index contributed by atoms with van der Waals surface area (Å²) in [6, 6.07) is 4.46. The monoisotopic (exact) mass is 355 g/mol. The average Bonchev–Trinajstić information content (AvgIpc) is 2.97. The molecular formula is C16H15F2NO4S. The largest absolute Gasteiger partial charge is 0.465 e. The van der Waals surface area contributed by atoms with Crippen LogP contribution in [0, 0.1) is 13.8 Å². The molecule has 8 heteroatoms. The van der Waals surface area contributed by atoms with Gasteiger partial charge in [-0.05, 0) is 48.6 Å². The first-order valence-electron chi connectivity index (χ1n) is 6.86. The quantitative estimate of drug-likeness (QED) is 0.823. The summed E-state index contributed by atoms with van der Waals surface area (Å²) in [7, 11) is 1.27. The third-order valence-corrected chi connectivity index (χ3v) is 4.28. The molecule has 0 aliphatic carbocycles. The van der Waals surface area contributed by atoms with E-state index in [-0.39, 0.29) is 10.6 Å². The van der Waals surface area contributed by atoms with Crippen LogP contribution in [0.3, 0.4) is 0 Å². The zero-order valence-electron chi connectivity index (χ0n) is 13.2. The molecule has 0 aliphatic rings. The maximum absolute atomic E-state index is 12.3. The van der Waals surface area contributed by atoms with Crippen molar-refractivity contribution in [2.24, 2.45) is 0 Å². The Hall–Kier alpha value is -2.48. The molecule has 0 fully saturated rings. The second kappa shape index (κ2) is 7.39. The Morgan fingerprint density at radius 2 is 1.96 bits per heavy atom. The Morgan fingerprint density at radius 1 is 1.25 bits per heavy atom. The van der Waals surface area contributed by atoms with Crippen molar-refractivity contribution in [2.45, 2.75) is 20.5 Å². The summed E-state index contributed by atoms with van der Waals surface area (Å²) in [5.41, 5.74) is 2.20. The van der Waals surface area contributed by atoms with Gasteiger partial charge in [-0.25, -0.2) is 4.79 Å². The molecule has 24 heavy (non-hydrogen) atoms. The van der Waals surface area contributed by atoms with E-state index in [2.05, 4.69) is 10.1 Å². The van der Waals surface area contributed by atoms with Crippen molar-refractivity contribution in [2.75, 3.05) is 12.4 Å². The molecular weight excluding hydrogens is 340 g/mol. The van der Waals surface area contributed by atoms with Gasteiger partial charge < -0.3 is 14.8 Å². The van der Waals surface area contributed by atoms with Crippen molar-refractivity contribution < 1.29 is 27.8 Å². The number of alkyl halides is 2. The highest BCUT2D eigenvalue weighted by atomic mass is 32.1. The van der Waals surface area contributed by atoms with Gasteiger partial charge in [0, 0.05) is 5.69 Å². The van der Waals surface area contributed by atoms with Gasteiger partial charge in [0.15, 0.2) is 0 Å². The number of thiophene rings is 1. The van der Waals surface area contributed by atoms with Crippen molar-refractivity contribution >= 4 is 28.9 Å². The maximum Gasteiger partial charge on any atom is 0.387 e. The topological polar surface area (TPSA) is 64.6 Å². The number of nitrogens with one attached hydrogen (secondary N) is 1. The van der Waals surface area contributed by atoms with Crippen LogP contribution in [0.2, 0.25) is 0 Å². The molecule has 1 heterocycles. The minimum absolute atomic E-state index is 0.0214. The lowest BCUT2D eigenvalue weighted by molar-refractivity contribution is -0.0498. The third kappa shape index (κ3) is 3.88. The number of aryl methyl sites for hydroxylation is 1. The smallest absolute Gasteiger partial charge is 0.387 e. The van der Waals surface area contributed by atoms with E-state index in [0.29, 0.717) is 11.3 Å². The van der Waals surface area contributed by atoms with Gasteiger partial charge in [0.25, 0.3) is 5.91 Å². The number of ether oxygens (including phenoxy) is 2. The highest BCUT2D eigenvalue weighted by Crippen LogP contribution is 2.28. The van der Waals surface area contributed by atoms with Crippen molar-refractivity contribution in [1.29, 1.82) is 0 Å². The first kappa shape index (κ1) is 17.9. The number of amides is 1. The van der Waals surface area contributed by atoms with Crippen LogP contribution < -0.4 is 10.1 Å². The molecule has 0 radical (unpaired) electrons. The first-order valence-corrected chi connectivity index (χ1v) is 7.74. The predicted octanol–water partition coefficient (Wildman–Crippen LogP) is 4.01. The molecule has 0 unspecified atom stereocenters. The number of anilines is 1. The molecule has 1 aromatic carbocycles. The Labute approximate surface area is 141 Å². The molecule has 0 spiro atoms. The highest BCUT2D eigenvalue weighted by Gasteiger charge is 2.19. The second-order valence-electron chi connectivity index (χ2n) is 4.90. The van der Waals surface area contributed by atoms with E-state index in [9.17, 15) is 18.4 Å². The van der Waals surface area contributed by atoms with Crippen molar-refractivity contribution in [3.8, 4) is 5.75 Å². The summed E-state index contributed by atoms with van der Waals surface area (Å²) in [5, 5.41) is 4.06. The molecule has 5 nitrogen and oxygen atoms in total. The maximum atomic E-state index is 12.3. The number of hydrogen-bond donors (Lipinski definition) is 1. The lowest BCUT2D eigenvalue weighted by Gasteiger charge is -2.12. The molecule has 1 aromatic heterocycles. The zero-order valence-corrected chi connectivity index (χ0v) is 14.0. The van der Waals surface area contributed by atoms with Gasteiger partial charge >= 0.3 is 12.6 Å². The highest BCUT2D eigenvalue weighted by molar-refractivity contribution is 7.12. The number of benzene rings is 1. The van der Waals surface area contributed by atoms with Gasteiger partial charge in [-0.3, -0.25) is 4.79 Å². The van der Waals surface area contributed by atoms with Crippen LogP contribution in [0.5, 0.6) is 5.75 Å². The molecule has 0 saturated carbocycles. The van der Waals surface area contributed by atoms with Crippen LogP contribution in [-0.2, 0) is 4.74 Å². The molecule has 128 valence electrons. The predicted molar refractivity (Wildman–Crippen MR) is 86.2 cm³/mol. The van der Waals surface area contributed by atoms with Crippen molar-refractivity contribution in [3.05, 3.63) is 45.1 Å². The van der Waals surface area contributed by atoms with Gasteiger partial charge in [-0.2, -0.15) is 8.78 Å². The summed E-state index contributed by atoms with van der Waals surface area (Å²) in [5.74, 6) is -1.31. The second-order valence-corrected chi connectivity index (χ2v) is 5.82. The number of rotatable bonds is 5. The van der Waals surface area contributed by atoms with E-state index < -0.39 is 18.5 Å². The van der Waals surface area contributed by atoms with E-state index >= 15 is 0 Å². The Morgan fingerprint density at radius 3 is 2.58 bits per heavy atom. The zero-order chi connectivity index (χ0) is 17.9. The third-order valence-electron chi connectivity index (χ3n) is 3.38. The van der Waals surface area contributed by atoms with Gasteiger partial charge in [0.2, 0.25) is 0 Å². The number of halogens is 2. The molecule has 0 saturated heterocycles. The van der Waals surface area contributed by atoms with E-state index in [1.807, 2.05) is 0 Å². The Balaban J connectivity index is 2.28. The van der Waals surface area contributed by atoms with Gasteiger partial charge in [-0.15, -0.1) is 11.3 Å². The normalized spacial score (nSPS) is 10.6. The van der Waals surface area contributed by atoms with Gasteiger partial charge in [0.1, 0.15) is 10.6 Å². The molecule has 2 rings (SSSR count). The summed E-state index contributed by atoms with van der Waals surface area (Å²) >= 11 is 0.979. The number of carbonyl (C=O) groups is 2. The molecule has 0 atom stereocenters. The Bertz CT molecular complexity index is 773. The molecule has 0 aliphatic heterocycles. The number of hydrogen-bond acceptors (Lipinski definition) is 5. The van der Waals surface area contributed by atoms with Gasteiger partial charge in [-0.1, -0.05) is 0 Å². The van der Waals surface area contributed by atoms with E-state index in [0.717, 1.165) is 22.5 Å². The summed E-state index contributed by atoms with van der Waals surface area (Å²) < 4.78 is 33.7. The minimum atomic E-state index is -3.02. The fraction of sp³-hybridized carbons (Fsp3) is 0.250. The van der Waals surface area contributed by atoms with E-state index in [1.165, 1.54) is 24.6 Å². The van der Waals surface area contributed by atoms with Crippen LogP contribution in [0.15, 0.2) is 23.6 Å².